The Morgan fingerprint density at radius 2 is 2.03 bits per heavy atom. The first-order chi connectivity index (χ1) is 13.9. The molecule has 4 saturated heterocycles. The molecule has 2 spiro atoms. The monoisotopic (exact) mass is 399 g/mol. The second-order valence-corrected chi connectivity index (χ2v) is 11.4. The molecule has 0 aromatic rings. The maximum absolute atomic E-state index is 12.1. The van der Waals surface area contributed by atoms with Crippen LogP contribution in [0.4, 0.5) is 0 Å². The summed E-state index contributed by atoms with van der Waals surface area (Å²) >= 11 is 0. The van der Waals surface area contributed by atoms with Crippen molar-refractivity contribution in [1.82, 2.24) is 4.90 Å². The smallest absolute Gasteiger partial charge is 0.303 e. The van der Waals surface area contributed by atoms with Gasteiger partial charge in [0.05, 0.1) is 12.7 Å². The van der Waals surface area contributed by atoms with Crippen LogP contribution in [0.1, 0.15) is 58.8 Å². The number of rotatable bonds is 1. The Balaban J connectivity index is 1.42. The maximum atomic E-state index is 12.1. The zero-order valence-corrected chi connectivity index (χ0v) is 17.7. The predicted molar refractivity (Wildman–Crippen MR) is 106 cm³/mol. The van der Waals surface area contributed by atoms with E-state index in [9.17, 15) is 4.79 Å². The third kappa shape index (κ3) is 1.74. The molecular formula is C24H33NO4. The number of carbonyl (C=O) groups excluding carboxylic acids is 1. The first kappa shape index (κ1) is 17.7. The van der Waals surface area contributed by atoms with Crippen LogP contribution >= 0.6 is 0 Å². The van der Waals surface area contributed by atoms with Crippen LogP contribution in [-0.4, -0.2) is 48.7 Å². The summed E-state index contributed by atoms with van der Waals surface area (Å²) in [5.41, 5.74) is 1.51. The fraction of sp³-hybridized carbons (Fsp3) is 0.875. The largest absolute Gasteiger partial charge is 0.457 e. The van der Waals surface area contributed by atoms with Gasteiger partial charge in [0.2, 0.25) is 0 Å². The van der Waals surface area contributed by atoms with Crippen LogP contribution in [0.3, 0.4) is 0 Å². The number of carbonyl (C=O) groups is 1. The van der Waals surface area contributed by atoms with Crippen LogP contribution in [0, 0.1) is 34.0 Å². The Hall–Kier alpha value is -0.910. The van der Waals surface area contributed by atoms with Crippen molar-refractivity contribution < 1.29 is 19.0 Å². The van der Waals surface area contributed by atoms with Gasteiger partial charge in [-0.15, -0.1) is 0 Å². The van der Waals surface area contributed by atoms with Gasteiger partial charge in [-0.2, -0.15) is 0 Å². The van der Waals surface area contributed by atoms with E-state index in [0.29, 0.717) is 17.8 Å². The summed E-state index contributed by atoms with van der Waals surface area (Å²) in [7, 11) is 0. The van der Waals surface area contributed by atoms with E-state index < -0.39 is 0 Å². The van der Waals surface area contributed by atoms with Gasteiger partial charge in [-0.1, -0.05) is 19.9 Å². The molecule has 5 heteroatoms. The molecule has 0 radical (unpaired) electrons. The highest BCUT2D eigenvalue weighted by atomic mass is 16.6. The fourth-order valence-corrected chi connectivity index (χ4v) is 10.0. The molecule has 29 heavy (non-hydrogen) atoms. The highest BCUT2D eigenvalue weighted by Crippen LogP contribution is 2.79. The van der Waals surface area contributed by atoms with Crippen molar-refractivity contribution in [3.8, 4) is 0 Å². The Morgan fingerprint density at radius 1 is 1.17 bits per heavy atom. The standard InChI is InChI=1S/C24H33NO4/c1-13-15-5-8-24(19(13)28-14(2)26)17(11-15)23-7-4-6-22(3)16(23)12-18(24)29-21(23)25-9-10-27-20(22)25/h15-21H,1,4-12H2,2-3H3/t15-,16-,17-,18+,19-,20-,21-,22?,23-,24+/m0/s1. The third-order valence-corrected chi connectivity index (χ3v) is 10.7. The SMILES string of the molecule is C=C1[C@H]2CC[C@]3([C@@H](C2)[C@@]24CCCC5(C)[C@@H]6OCCN6[C@H]2O[C@@H]3C[C@@H]54)[C@H]1OC(C)=O. The van der Waals surface area contributed by atoms with Crippen molar-refractivity contribution in [2.75, 3.05) is 13.2 Å². The summed E-state index contributed by atoms with van der Waals surface area (Å²) in [6, 6.07) is 0. The summed E-state index contributed by atoms with van der Waals surface area (Å²) in [6.45, 7) is 10.3. The minimum absolute atomic E-state index is 0.0594. The lowest BCUT2D eigenvalue weighted by atomic mass is 9.32. The molecular weight excluding hydrogens is 366 g/mol. The molecule has 9 fully saturated rings. The van der Waals surface area contributed by atoms with Crippen LogP contribution in [0.15, 0.2) is 12.2 Å². The highest BCUT2D eigenvalue weighted by Gasteiger charge is 2.81. The second-order valence-electron chi connectivity index (χ2n) is 11.4. The van der Waals surface area contributed by atoms with E-state index in [1.54, 1.807) is 6.92 Å². The molecule has 5 aliphatic carbocycles. The fourth-order valence-electron chi connectivity index (χ4n) is 10.0. The van der Waals surface area contributed by atoms with Crippen LogP contribution in [0.2, 0.25) is 0 Å². The molecule has 1 unspecified atom stereocenters. The van der Waals surface area contributed by atoms with Gasteiger partial charge in [0.15, 0.2) is 0 Å². The number of fused-ring (bicyclic) bond motifs is 4. The molecule has 7 bridgehead atoms. The van der Waals surface area contributed by atoms with E-state index >= 15 is 0 Å². The van der Waals surface area contributed by atoms with Crippen molar-refractivity contribution >= 4 is 5.97 Å². The number of ether oxygens (including phenoxy) is 3. The van der Waals surface area contributed by atoms with Gasteiger partial charge in [-0.3, -0.25) is 4.79 Å². The average molecular weight is 400 g/mol. The molecule has 10 atom stereocenters. The number of piperidine rings is 1. The lowest BCUT2D eigenvalue weighted by Crippen LogP contribution is -2.83. The van der Waals surface area contributed by atoms with E-state index in [1.165, 1.54) is 37.7 Å². The normalized spacial score (nSPS) is 59.4. The van der Waals surface area contributed by atoms with Gasteiger partial charge in [0.25, 0.3) is 0 Å². The molecule has 0 N–H and O–H groups in total. The summed E-state index contributed by atoms with van der Waals surface area (Å²) in [5, 5.41) is 0. The lowest BCUT2D eigenvalue weighted by Gasteiger charge is -2.80. The zero-order chi connectivity index (χ0) is 19.8. The van der Waals surface area contributed by atoms with Gasteiger partial charge in [0, 0.05) is 29.7 Å². The van der Waals surface area contributed by atoms with Crippen molar-refractivity contribution in [2.24, 2.45) is 34.0 Å². The molecule has 4 heterocycles. The number of esters is 1. The van der Waals surface area contributed by atoms with Crippen molar-refractivity contribution in [3.63, 3.8) is 0 Å². The number of hydrogen-bond acceptors (Lipinski definition) is 5. The summed E-state index contributed by atoms with van der Waals surface area (Å²) in [5.74, 6) is 1.57. The zero-order valence-electron chi connectivity index (χ0n) is 17.7. The lowest BCUT2D eigenvalue weighted by molar-refractivity contribution is -0.422. The molecule has 0 aromatic carbocycles. The maximum Gasteiger partial charge on any atom is 0.303 e. The average Bonchev–Trinajstić information content (AvgIpc) is 3.19. The van der Waals surface area contributed by atoms with Crippen molar-refractivity contribution in [2.45, 2.75) is 83.5 Å². The molecule has 0 amide bonds. The van der Waals surface area contributed by atoms with Crippen LogP contribution in [0.5, 0.6) is 0 Å². The summed E-state index contributed by atoms with van der Waals surface area (Å²) in [6.07, 6.45) is 8.86. The Morgan fingerprint density at radius 3 is 2.86 bits per heavy atom. The topological polar surface area (TPSA) is 48.0 Å². The van der Waals surface area contributed by atoms with E-state index in [1.807, 2.05) is 0 Å². The molecule has 9 rings (SSSR count). The van der Waals surface area contributed by atoms with Gasteiger partial charge >= 0.3 is 5.97 Å². The minimum Gasteiger partial charge on any atom is -0.457 e. The predicted octanol–water partition coefficient (Wildman–Crippen LogP) is 3.48. The quantitative estimate of drug-likeness (QED) is 0.499. The summed E-state index contributed by atoms with van der Waals surface area (Å²) in [4.78, 5) is 14.7. The van der Waals surface area contributed by atoms with Gasteiger partial charge in [0.1, 0.15) is 18.6 Å². The second kappa shape index (κ2) is 5.28. The van der Waals surface area contributed by atoms with Crippen molar-refractivity contribution in [3.05, 3.63) is 12.2 Å². The van der Waals surface area contributed by atoms with Crippen LogP contribution in [-0.2, 0) is 19.0 Å². The van der Waals surface area contributed by atoms with E-state index in [4.69, 9.17) is 14.2 Å². The molecule has 4 aliphatic heterocycles. The molecule has 0 aromatic heterocycles. The molecule has 158 valence electrons. The number of hydrogen-bond donors (Lipinski definition) is 0. The Kier molecular flexibility index (Phi) is 3.23. The third-order valence-electron chi connectivity index (χ3n) is 10.7. The first-order valence-electron chi connectivity index (χ1n) is 11.8. The van der Waals surface area contributed by atoms with E-state index in [0.717, 1.165) is 26.0 Å². The Bertz CT molecular complexity index is 813. The molecule has 5 nitrogen and oxygen atoms in total. The van der Waals surface area contributed by atoms with Gasteiger partial charge in [-0.05, 0) is 61.9 Å². The Labute approximate surface area is 173 Å². The van der Waals surface area contributed by atoms with E-state index in [2.05, 4.69) is 18.4 Å². The number of nitrogens with zero attached hydrogens (tertiary/aromatic N) is 1. The van der Waals surface area contributed by atoms with Crippen LogP contribution < -0.4 is 0 Å². The van der Waals surface area contributed by atoms with Gasteiger partial charge < -0.3 is 14.2 Å². The van der Waals surface area contributed by atoms with Gasteiger partial charge in [-0.25, -0.2) is 4.90 Å². The molecule has 5 saturated carbocycles. The van der Waals surface area contributed by atoms with Crippen molar-refractivity contribution in [1.29, 1.82) is 0 Å². The molecule has 9 aliphatic rings. The van der Waals surface area contributed by atoms with Crippen LogP contribution in [0.25, 0.3) is 0 Å². The highest BCUT2D eigenvalue weighted by molar-refractivity contribution is 5.67. The summed E-state index contributed by atoms with van der Waals surface area (Å²) < 4.78 is 19.5. The first-order valence-corrected chi connectivity index (χ1v) is 11.8. The minimum atomic E-state index is -0.169. The van der Waals surface area contributed by atoms with E-state index in [-0.39, 0.29) is 46.9 Å².